The van der Waals surface area contributed by atoms with Crippen LogP contribution in [0.15, 0.2) is 36.7 Å². The molecule has 1 atom stereocenters. The summed E-state index contributed by atoms with van der Waals surface area (Å²) >= 11 is 0. The number of para-hydroxylation sites is 1. The minimum Gasteiger partial charge on any atom is -0.480 e. The van der Waals surface area contributed by atoms with Crippen molar-refractivity contribution < 1.29 is 14.7 Å². The number of aryl methyl sites for hydroxylation is 1. The summed E-state index contributed by atoms with van der Waals surface area (Å²) in [4.78, 5) is 23.5. The van der Waals surface area contributed by atoms with Gasteiger partial charge in [0.05, 0.1) is 17.4 Å². The number of carboxylic acids is 1. The lowest BCUT2D eigenvalue weighted by atomic mass is 10.0. The van der Waals surface area contributed by atoms with Crippen molar-refractivity contribution in [1.29, 1.82) is 0 Å². The number of hydrogen-bond donors (Lipinski definition) is 2. The first-order valence-electron chi connectivity index (χ1n) is 7.53. The highest BCUT2D eigenvalue weighted by atomic mass is 16.4. The minimum atomic E-state index is -1.03. The molecule has 0 fully saturated rings. The second kappa shape index (κ2) is 7.09. The molecule has 0 unspecified atom stereocenters. The Morgan fingerprint density at radius 2 is 2.00 bits per heavy atom. The van der Waals surface area contributed by atoms with Crippen LogP contribution in [0, 0.1) is 12.8 Å². The van der Waals surface area contributed by atoms with Gasteiger partial charge in [0.15, 0.2) is 0 Å². The summed E-state index contributed by atoms with van der Waals surface area (Å²) in [5.41, 5.74) is 2.25. The van der Waals surface area contributed by atoms with E-state index in [2.05, 4.69) is 10.4 Å². The highest BCUT2D eigenvalue weighted by Gasteiger charge is 2.22. The van der Waals surface area contributed by atoms with Gasteiger partial charge in [-0.25, -0.2) is 9.48 Å². The van der Waals surface area contributed by atoms with Gasteiger partial charge in [-0.1, -0.05) is 32.0 Å². The largest absolute Gasteiger partial charge is 0.480 e. The molecule has 6 nitrogen and oxygen atoms in total. The molecule has 1 aromatic carbocycles. The van der Waals surface area contributed by atoms with Gasteiger partial charge in [-0.15, -0.1) is 0 Å². The standard InChI is InChI=1S/C17H21N3O3/c1-11(2)8-14(17(22)23)19-16(21)13-9-18-20(10-13)15-7-5-4-6-12(15)3/h4-7,9-11,14H,8H2,1-3H3,(H,19,21)(H,22,23)/t14-/m1/s1. The molecule has 0 aliphatic carbocycles. The fraction of sp³-hybridized carbons (Fsp3) is 0.353. The molecule has 0 bridgehead atoms. The highest BCUT2D eigenvalue weighted by molar-refractivity contribution is 5.96. The van der Waals surface area contributed by atoms with E-state index < -0.39 is 17.9 Å². The van der Waals surface area contributed by atoms with Gasteiger partial charge >= 0.3 is 5.97 Å². The van der Waals surface area contributed by atoms with Crippen LogP contribution in [-0.4, -0.2) is 32.8 Å². The van der Waals surface area contributed by atoms with Crippen LogP contribution < -0.4 is 5.32 Å². The van der Waals surface area contributed by atoms with E-state index in [1.807, 2.05) is 45.0 Å². The number of nitrogens with zero attached hydrogens (tertiary/aromatic N) is 2. The molecule has 0 saturated heterocycles. The number of amides is 1. The van der Waals surface area contributed by atoms with Crippen LogP contribution in [0.4, 0.5) is 0 Å². The van der Waals surface area contributed by atoms with Crippen LogP contribution in [0.3, 0.4) is 0 Å². The first-order valence-corrected chi connectivity index (χ1v) is 7.53. The van der Waals surface area contributed by atoms with Gasteiger partial charge in [0.2, 0.25) is 0 Å². The van der Waals surface area contributed by atoms with Crippen molar-refractivity contribution in [2.24, 2.45) is 5.92 Å². The number of carbonyl (C=O) groups is 2. The third-order valence-electron chi connectivity index (χ3n) is 3.52. The molecule has 1 aromatic heterocycles. The SMILES string of the molecule is Cc1ccccc1-n1cc(C(=O)N[C@H](CC(C)C)C(=O)O)cn1. The van der Waals surface area contributed by atoms with Crippen LogP contribution in [-0.2, 0) is 4.79 Å². The molecular formula is C17H21N3O3. The van der Waals surface area contributed by atoms with Gasteiger partial charge in [0.25, 0.3) is 5.91 Å². The molecule has 2 aromatic rings. The Balaban J connectivity index is 2.15. The summed E-state index contributed by atoms with van der Waals surface area (Å²) in [6.07, 6.45) is 3.43. The van der Waals surface area contributed by atoms with Gasteiger partial charge in [0.1, 0.15) is 6.04 Å². The van der Waals surface area contributed by atoms with Crippen molar-refractivity contribution in [2.45, 2.75) is 33.2 Å². The number of aromatic nitrogens is 2. The lowest BCUT2D eigenvalue weighted by molar-refractivity contribution is -0.139. The topological polar surface area (TPSA) is 84.2 Å². The molecule has 6 heteroatoms. The van der Waals surface area contributed by atoms with E-state index in [0.717, 1.165) is 11.3 Å². The van der Waals surface area contributed by atoms with Gasteiger partial charge < -0.3 is 10.4 Å². The average Bonchev–Trinajstić information content (AvgIpc) is 2.96. The van der Waals surface area contributed by atoms with Crippen LogP contribution in [0.1, 0.15) is 36.2 Å². The number of carbonyl (C=O) groups excluding carboxylic acids is 1. The van der Waals surface area contributed by atoms with Gasteiger partial charge in [-0.2, -0.15) is 5.10 Å². The number of benzene rings is 1. The Morgan fingerprint density at radius 3 is 2.61 bits per heavy atom. The lowest BCUT2D eigenvalue weighted by Crippen LogP contribution is -2.41. The third kappa shape index (κ3) is 4.18. The molecule has 2 N–H and O–H groups in total. The number of carboxylic acid groups (broad SMARTS) is 1. The normalized spacial score (nSPS) is 12.2. The van der Waals surface area contributed by atoms with E-state index >= 15 is 0 Å². The number of aliphatic carboxylic acids is 1. The minimum absolute atomic E-state index is 0.172. The fourth-order valence-corrected chi connectivity index (χ4v) is 2.33. The Bertz CT molecular complexity index is 707. The molecule has 122 valence electrons. The van der Waals surface area contributed by atoms with Gasteiger partial charge in [-0.05, 0) is 30.9 Å². The molecule has 0 aliphatic heterocycles. The quantitative estimate of drug-likeness (QED) is 0.857. The molecule has 0 radical (unpaired) electrons. The summed E-state index contributed by atoms with van der Waals surface area (Å²) in [7, 11) is 0. The Labute approximate surface area is 135 Å². The first-order chi connectivity index (χ1) is 10.9. The predicted molar refractivity (Wildman–Crippen MR) is 86.6 cm³/mol. The van der Waals surface area contributed by atoms with E-state index in [1.165, 1.54) is 6.20 Å². The maximum atomic E-state index is 12.2. The fourth-order valence-electron chi connectivity index (χ4n) is 2.33. The van der Waals surface area contributed by atoms with Crippen molar-refractivity contribution in [3.05, 3.63) is 47.8 Å². The Hall–Kier alpha value is -2.63. The van der Waals surface area contributed by atoms with Crippen molar-refractivity contribution in [3.8, 4) is 5.69 Å². The first kappa shape index (κ1) is 16.7. The molecule has 1 amide bonds. The van der Waals surface area contributed by atoms with Crippen LogP contribution in [0.5, 0.6) is 0 Å². The summed E-state index contributed by atoms with van der Waals surface area (Å²) < 4.78 is 1.61. The van der Waals surface area contributed by atoms with E-state index in [1.54, 1.807) is 10.9 Å². The smallest absolute Gasteiger partial charge is 0.326 e. The highest BCUT2D eigenvalue weighted by Crippen LogP contribution is 2.13. The van der Waals surface area contributed by atoms with E-state index in [-0.39, 0.29) is 5.92 Å². The second-order valence-corrected chi connectivity index (χ2v) is 5.95. The monoisotopic (exact) mass is 315 g/mol. The van der Waals surface area contributed by atoms with Crippen molar-refractivity contribution in [2.75, 3.05) is 0 Å². The average molecular weight is 315 g/mol. The maximum absolute atomic E-state index is 12.2. The second-order valence-electron chi connectivity index (χ2n) is 5.95. The molecule has 0 aliphatic rings. The van der Waals surface area contributed by atoms with Crippen LogP contribution in [0.2, 0.25) is 0 Å². The van der Waals surface area contributed by atoms with Crippen molar-refractivity contribution in [1.82, 2.24) is 15.1 Å². The van der Waals surface area contributed by atoms with Crippen LogP contribution in [0.25, 0.3) is 5.69 Å². The summed E-state index contributed by atoms with van der Waals surface area (Å²) in [5, 5.41) is 15.9. The van der Waals surface area contributed by atoms with E-state index in [4.69, 9.17) is 0 Å². The zero-order chi connectivity index (χ0) is 17.0. The summed E-state index contributed by atoms with van der Waals surface area (Å²) in [5.74, 6) is -1.29. The molecule has 1 heterocycles. The molecule has 0 spiro atoms. The van der Waals surface area contributed by atoms with E-state index in [9.17, 15) is 14.7 Å². The Kier molecular flexibility index (Phi) is 5.16. The van der Waals surface area contributed by atoms with Crippen LogP contribution >= 0.6 is 0 Å². The number of rotatable bonds is 6. The zero-order valence-electron chi connectivity index (χ0n) is 13.5. The summed E-state index contributed by atoms with van der Waals surface area (Å²) in [6.45, 7) is 5.79. The lowest BCUT2D eigenvalue weighted by Gasteiger charge is -2.15. The van der Waals surface area contributed by atoms with E-state index in [0.29, 0.717) is 12.0 Å². The molecular weight excluding hydrogens is 294 g/mol. The number of nitrogens with one attached hydrogen (secondary N) is 1. The van der Waals surface area contributed by atoms with Crippen molar-refractivity contribution in [3.63, 3.8) is 0 Å². The Morgan fingerprint density at radius 1 is 1.30 bits per heavy atom. The third-order valence-corrected chi connectivity index (χ3v) is 3.52. The molecule has 2 rings (SSSR count). The predicted octanol–water partition coefficient (Wildman–Crippen LogP) is 2.41. The molecule has 23 heavy (non-hydrogen) atoms. The zero-order valence-corrected chi connectivity index (χ0v) is 13.5. The van der Waals surface area contributed by atoms with Gasteiger partial charge in [0, 0.05) is 6.20 Å². The molecule has 0 saturated carbocycles. The van der Waals surface area contributed by atoms with Gasteiger partial charge in [-0.3, -0.25) is 4.79 Å². The maximum Gasteiger partial charge on any atom is 0.326 e. The summed E-state index contributed by atoms with van der Waals surface area (Å²) in [6, 6.07) is 6.79. The van der Waals surface area contributed by atoms with Crippen molar-refractivity contribution >= 4 is 11.9 Å². The number of hydrogen-bond acceptors (Lipinski definition) is 3.